The third-order valence-electron chi connectivity index (χ3n) is 1.76. The highest BCUT2D eigenvalue weighted by Gasteiger charge is 2.16. The molecule has 2 aromatic rings. The summed E-state index contributed by atoms with van der Waals surface area (Å²) in [6.45, 7) is 0. The fourth-order valence-electron chi connectivity index (χ4n) is 1.09. The van der Waals surface area contributed by atoms with E-state index in [2.05, 4.69) is 36.7 Å². The van der Waals surface area contributed by atoms with E-state index in [9.17, 15) is 8.42 Å². The summed E-state index contributed by atoms with van der Waals surface area (Å²) in [5.74, 6) is 0. The van der Waals surface area contributed by atoms with Crippen LogP contribution in [0.3, 0.4) is 0 Å². The molecule has 0 spiro atoms. The van der Waals surface area contributed by atoms with Crippen LogP contribution in [0, 0.1) is 3.57 Å². The van der Waals surface area contributed by atoms with Gasteiger partial charge in [0.15, 0.2) is 6.39 Å². The standard InChI is InChI=1S/C9H7IN2O3S/c10-7-2-1-3-8(4-7)12-16(13,14)9-5-15-6-11-9/h1-6,12H. The molecule has 0 fully saturated rings. The Labute approximate surface area is 106 Å². The third-order valence-corrected chi connectivity index (χ3v) is 3.69. The van der Waals surface area contributed by atoms with Crippen LogP contribution >= 0.6 is 22.6 Å². The Kier molecular flexibility index (Phi) is 3.15. The van der Waals surface area contributed by atoms with Gasteiger partial charge in [0.2, 0.25) is 5.03 Å². The predicted molar refractivity (Wildman–Crippen MR) is 66.5 cm³/mol. The molecule has 5 nitrogen and oxygen atoms in total. The second kappa shape index (κ2) is 4.42. The largest absolute Gasteiger partial charge is 0.450 e. The smallest absolute Gasteiger partial charge is 0.282 e. The summed E-state index contributed by atoms with van der Waals surface area (Å²) in [7, 11) is -3.64. The highest BCUT2D eigenvalue weighted by atomic mass is 127. The van der Waals surface area contributed by atoms with Gasteiger partial charge in [-0.05, 0) is 40.8 Å². The molecular weight excluding hydrogens is 343 g/mol. The number of rotatable bonds is 3. The monoisotopic (exact) mass is 350 g/mol. The number of anilines is 1. The van der Waals surface area contributed by atoms with Gasteiger partial charge in [0.1, 0.15) is 6.26 Å². The minimum absolute atomic E-state index is 0.133. The van der Waals surface area contributed by atoms with Crippen molar-refractivity contribution in [2.75, 3.05) is 4.72 Å². The van der Waals surface area contributed by atoms with Crippen LogP contribution in [0.1, 0.15) is 0 Å². The molecule has 0 radical (unpaired) electrons. The van der Waals surface area contributed by atoms with E-state index in [1.807, 2.05) is 6.07 Å². The van der Waals surface area contributed by atoms with Gasteiger partial charge in [0.25, 0.3) is 10.0 Å². The summed E-state index contributed by atoms with van der Waals surface area (Å²) in [4.78, 5) is 3.59. The van der Waals surface area contributed by atoms with Crippen molar-refractivity contribution >= 4 is 38.3 Å². The highest BCUT2D eigenvalue weighted by molar-refractivity contribution is 14.1. The zero-order chi connectivity index (χ0) is 11.6. The molecule has 1 aromatic carbocycles. The Bertz CT molecular complexity index is 581. The van der Waals surface area contributed by atoms with Gasteiger partial charge in [-0.25, -0.2) is 4.98 Å². The maximum atomic E-state index is 11.7. The van der Waals surface area contributed by atoms with Crippen LogP contribution in [0.25, 0.3) is 0 Å². The number of oxazole rings is 1. The molecule has 0 bridgehead atoms. The Morgan fingerprint density at radius 2 is 2.19 bits per heavy atom. The second-order valence-corrected chi connectivity index (χ2v) is 5.82. The molecule has 0 amide bonds. The molecule has 0 unspecified atom stereocenters. The van der Waals surface area contributed by atoms with Crippen molar-refractivity contribution < 1.29 is 12.8 Å². The van der Waals surface area contributed by atoms with Gasteiger partial charge in [-0.15, -0.1) is 0 Å². The van der Waals surface area contributed by atoms with E-state index in [1.54, 1.807) is 18.2 Å². The number of nitrogens with one attached hydrogen (secondary N) is 1. The van der Waals surface area contributed by atoms with Gasteiger partial charge in [-0.1, -0.05) is 6.07 Å². The minimum atomic E-state index is -3.64. The lowest BCUT2D eigenvalue weighted by molar-refractivity contribution is 0.553. The van der Waals surface area contributed by atoms with Crippen LogP contribution in [0.5, 0.6) is 0 Å². The van der Waals surface area contributed by atoms with E-state index in [4.69, 9.17) is 0 Å². The van der Waals surface area contributed by atoms with Crippen molar-refractivity contribution in [2.45, 2.75) is 5.03 Å². The van der Waals surface area contributed by atoms with Gasteiger partial charge in [0.05, 0.1) is 0 Å². The Hall–Kier alpha value is -1.09. The van der Waals surface area contributed by atoms with Crippen molar-refractivity contribution in [1.29, 1.82) is 0 Å². The SMILES string of the molecule is O=S(=O)(Nc1cccc(I)c1)c1cocn1. The highest BCUT2D eigenvalue weighted by Crippen LogP contribution is 2.16. The maximum absolute atomic E-state index is 11.7. The fraction of sp³-hybridized carbons (Fsp3) is 0. The topological polar surface area (TPSA) is 72.2 Å². The predicted octanol–water partition coefficient (Wildman–Crippen LogP) is 2.08. The summed E-state index contributed by atoms with van der Waals surface area (Å²) in [5, 5.41) is -0.133. The van der Waals surface area contributed by atoms with Gasteiger partial charge in [0, 0.05) is 9.26 Å². The minimum Gasteiger partial charge on any atom is -0.450 e. The summed E-state index contributed by atoms with van der Waals surface area (Å²) in [6, 6.07) is 7.02. The van der Waals surface area contributed by atoms with Crippen LogP contribution < -0.4 is 4.72 Å². The first-order valence-corrected chi connectivity index (χ1v) is 6.81. The summed E-state index contributed by atoms with van der Waals surface area (Å²) < 4.78 is 31.5. The summed E-state index contributed by atoms with van der Waals surface area (Å²) >= 11 is 2.10. The Balaban J connectivity index is 2.29. The third kappa shape index (κ3) is 2.53. The van der Waals surface area contributed by atoms with E-state index >= 15 is 0 Å². The normalized spacial score (nSPS) is 11.3. The van der Waals surface area contributed by atoms with Crippen LogP contribution in [0.2, 0.25) is 0 Å². The number of benzene rings is 1. The lowest BCUT2D eigenvalue weighted by Crippen LogP contribution is -2.13. The zero-order valence-electron chi connectivity index (χ0n) is 7.92. The van der Waals surface area contributed by atoms with Crippen molar-refractivity contribution in [1.82, 2.24) is 4.98 Å². The van der Waals surface area contributed by atoms with Crippen LogP contribution in [0.15, 0.2) is 46.4 Å². The van der Waals surface area contributed by atoms with E-state index in [1.165, 1.54) is 0 Å². The van der Waals surface area contributed by atoms with Crippen LogP contribution in [-0.2, 0) is 10.0 Å². The first-order chi connectivity index (χ1) is 7.58. The number of nitrogens with zero attached hydrogens (tertiary/aromatic N) is 1. The Morgan fingerprint density at radius 3 is 2.81 bits per heavy atom. The molecule has 0 aliphatic heterocycles. The number of hydrogen-bond acceptors (Lipinski definition) is 4. The summed E-state index contributed by atoms with van der Waals surface area (Å²) in [6.07, 6.45) is 2.15. The van der Waals surface area contributed by atoms with E-state index < -0.39 is 10.0 Å². The van der Waals surface area contributed by atoms with Gasteiger partial charge >= 0.3 is 0 Å². The maximum Gasteiger partial charge on any atom is 0.282 e. The van der Waals surface area contributed by atoms with E-state index in [-0.39, 0.29) is 5.03 Å². The molecule has 7 heteroatoms. The lowest BCUT2D eigenvalue weighted by Gasteiger charge is -2.05. The molecule has 1 aromatic heterocycles. The lowest BCUT2D eigenvalue weighted by atomic mass is 10.3. The first kappa shape index (κ1) is 11.4. The molecular formula is C9H7IN2O3S. The fourth-order valence-corrected chi connectivity index (χ4v) is 2.54. The number of aromatic nitrogens is 1. The van der Waals surface area contributed by atoms with Crippen molar-refractivity contribution in [3.63, 3.8) is 0 Å². The molecule has 16 heavy (non-hydrogen) atoms. The average molecular weight is 350 g/mol. The second-order valence-electron chi connectivity index (χ2n) is 2.94. The quantitative estimate of drug-likeness (QED) is 0.861. The van der Waals surface area contributed by atoms with E-state index in [0.717, 1.165) is 16.2 Å². The molecule has 0 atom stereocenters. The van der Waals surface area contributed by atoms with Crippen molar-refractivity contribution in [3.05, 3.63) is 40.5 Å². The molecule has 0 saturated carbocycles. The molecule has 0 aliphatic rings. The van der Waals surface area contributed by atoms with Gasteiger partial charge in [-0.2, -0.15) is 8.42 Å². The first-order valence-electron chi connectivity index (χ1n) is 4.24. The molecule has 1 heterocycles. The van der Waals surface area contributed by atoms with E-state index in [0.29, 0.717) is 5.69 Å². The van der Waals surface area contributed by atoms with Crippen LogP contribution in [-0.4, -0.2) is 13.4 Å². The number of sulfonamides is 1. The molecule has 0 saturated heterocycles. The number of hydrogen-bond donors (Lipinski definition) is 1. The van der Waals surface area contributed by atoms with Crippen LogP contribution in [0.4, 0.5) is 5.69 Å². The molecule has 2 rings (SSSR count). The molecule has 0 aliphatic carbocycles. The Morgan fingerprint density at radius 1 is 1.38 bits per heavy atom. The van der Waals surface area contributed by atoms with Crippen molar-refractivity contribution in [3.8, 4) is 0 Å². The molecule has 84 valence electrons. The van der Waals surface area contributed by atoms with Gasteiger partial charge < -0.3 is 4.42 Å². The van der Waals surface area contributed by atoms with Gasteiger partial charge in [-0.3, -0.25) is 4.72 Å². The molecule has 1 N–H and O–H groups in total. The zero-order valence-corrected chi connectivity index (χ0v) is 10.9. The van der Waals surface area contributed by atoms with Crippen molar-refractivity contribution in [2.24, 2.45) is 0 Å². The number of halogens is 1. The summed E-state index contributed by atoms with van der Waals surface area (Å²) in [5.41, 5.74) is 0.495. The average Bonchev–Trinajstić information content (AvgIpc) is 2.69.